The van der Waals surface area contributed by atoms with E-state index in [-0.39, 0.29) is 11.8 Å². The fourth-order valence-corrected chi connectivity index (χ4v) is 6.85. The number of aromatic nitrogens is 1. The van der Waals surface area contributed by atoms with Crippen LogP contribution in [0.2, 0.25) is 0 Å². The summed E-state index contributed by atoms with van der Waals surface area (Å²) in [5.41, 5.74) is 0.778. The van der Waals surface area contributed by atoms with Crippen molar-refractivity contribution in [1.29, 1.82) is 0 Å². The minimum absolute atomic E-state index is 0.00479. The molecule has 1 aliphatic carbocycles. The zero-order chi connectivity index (χ0) is 22.1. The van der Waals surface area contributed by atoms with Gasteiger partial charge >= 0.3 is 0 Å². The smallest absolute Gasteiger partial charge is 0.243 e. The summed E-state index contributed by atoms with van der Waals surface area (Å²) < 4.78 is 27.3. The molecule has 1 N–H and O–H groups in total. The van der Waals surface area contributed by atoms with Crippen LogP contribution >= 0.6 is 0 Å². The average Bonchev–Trinajstić information content (AvgIpc) is 3.53. The van der Waals surface area contributed by atoms with Crippen molar-refractivity contribution >= 4 is 32.7 Å². The molecule has 0 unspecified atom stereocenters. The normalized spacial score (nSPS) is 23.1. The Morgan fingerprint density at radius 2 is 1.72 bits per heavy atom. The first-order valence-electron chi connectivity index (χ1n) is 12.0. The van der Waals surface area contributed by atoms with Crippen LogP contribution < -0.4 is 10.2 Å². The minimum atomic E-state index is -3.44. The number of hydrogen-bond donors (Lipinski definition) is 1. The Morgan fingerprint density at radius 3 is 2.50 bits per heavy atom. The molecule has 3 fully saturated rings. The maximum Gasteiger partial charge on any atom is 0.243 e. The lowest BCUT2D eigenvalue weighted by Crippen LogP contribution is -2.45. The third-order valence-corrected chi connectivity index (χ3v) is 9.06. The fourth-order valence-electron chi connectivity index (χ4n) is 5.30. The zero-order valence-corrected chi connectivity index (χ0v) is 19.3. The Kier molecular flexibility index (Phi) is 6.07. The topological polar surface area (TPSA) is 82.6 Å². The van der Waals surface area contributed by atoms with Crippen LogP contribution in [0.3, 0.4) is 0 Å². The highest BCUT2D eigenvalue weighted by Gasteiger charge is 2.29. The van der Waals surface area contributed by atoms with E-state index < -0.39 is 10.0 Å². The van der Waals surface area contributed by atoms with E-state index in [1.807, 2.05) is 12.1 Å². The Hall–Kier alpha value is -2.19. The van der Waals surface area contributed by atoms with Gasteiger partial charge in [0.25, 0.3) is 0 Å². The molecule has 0 radical (unpaired) electrons. The number of rotatable bonds is 5. The summed E-state index contributed by atoms with van der Waals surface area (Å²) in [7, 11) is -3.44. The van der Waals surface area contributed by atoms with E-state index in [0.29, 0.717) is 30.6 Å². The lowest BCUT2D eigenvalue weighted by atomic mass is 9.96. The van der Waals surface area contributed by atoms with Gasteiger partial charge in [-0.05, 0) is 68.9 Å². The number of benzene rings is 1. The molecule has 1 aromatic carbocycles. The maximum absolute atomic E-state index is 12.9. The van der Waals surface area contributed by atoms with Gasteiger partial charge in [-0.25, -0.2) is 13.4 Å². The van der Waals surface area contributed by atoms with Gasteiger partial charge in [0.05, 0.1) is 16.3 Å². The van der Waals surface area contributed by atoms with Crippen LogP contribution in [0.25, 0.3) is 10.9 Å². The first kappa shape index (κ1) is 21.6. The van der Waals surface area contributed by atoms with Gasteiger partial charge in [-0.15, -0.1) is 0 Å². The summed E-state index contributed by atoms with van der Waals surface area (Å²) in [6, 6.07) is 9.45. The van der Waals surface area contributed by atoms with Crippen molar-refractivity contribution in [3.63, 3.8) is 0 Å². The number of fused-ring (bicyclic) bond motifs is 1. The molecular formula is C24H32N4O3S. The standard InChI is InChI=1S/C24H32N4O3S/c29-24(25-20-7-1-2-8-20)19-6-5-13-27(17-19)23-12-9-18-16-21(10-11-22(18)26-23)32(30,31)28-14-3-4-15-28/h9-12,16,19-20H,1-8,13-15,17H2,(H,25,29)/t19-/m1/s1. The Bertz CT molecular complexity index is 1090. The van der Waals surface area contributed by atoms with Crippen LogP contribution in [0.4, 0.5) is 5.82 Å². The highest BCUT2D eigenvalue weighted by atomic mass is 32.2. The van der Waals surface area contributed by atoms with Gasteiger partial charge in [0.1, 0.15) is 5.82 Å². The molecular weight excluding hydrogens is 424 g/mol. The second-order valence-electron chi connectivity index (χ2n) is 9.41. The number of pyridine rings is 1. The number of anilines is 1. The third-order valence-electron chi connectivity index (χ3n) is 7.17. The third kappa shape index (κ3) is 4.35. The van der Waals surface area contributed by atoms with Gasteiger partial charge in [0.15, 0.2) is 0 Å². The first-order chi connectivity index (χ1) is 15.5. The summed E-state index contributed by atoms with van der Waals surface area (Å²) in [6.07, 6.45) is 8.36. The molecule has 8 heteroatoms. The molecule has 1 amide bonds. The Balaban J connectivity index is 1.31. The molecule has 0 bridgehead atoms. The van der Waals surface area contributed by atoms with Gasteiger partial charge in [-0.3, -0.25) is 4.79 Å². The SMILES string of the molecule is O=C(NC1CCCC1)[C@@H]1CCCN(c2ccc3cc(S(=O)(=O)N4CCCC4)ccc3n2)C1. The summed E-state index contributed by atoms with van der Waals surface area (Å²) in [4.78, 5) is 20.1. The number of hydrogen-bond acceptors (Lipinski definition) is 5. The van der Waals surface area contributed by atoms with Crippen LogP contribution in [0.5, 0.6) is 0 Å². The van der Waals surface area contributed by atoms with E-state index >= 15 is 0 Å². The molecule has 3 aliphatic rings. The van der Waals surface area contributed by atoms with Gasteiger partial charge in [-0.2, -0.15) is 4.31 Å². The van der Waals surface area contributed by atoms with Crippen molar-refractivity contribution in [3.05, 3.63) is 30.3 Å². The fraction of sp³-hybridized carbons (Fsp3) is 0.583. The number of carbonyl (C=O) groups is 1. The van der Waals surface area contributed by atoms with Crippen molar-refractivity contribution in [2.75, 3.05) is 31.1 Å². The van der Waals surface area contributed by atoms with Crippen molar-refractivity contribution < 1.29 is 13.2 Å². The zero-order valence-electron chi connectivity index (χ0n) is 18.5. The van der Waals surface area contributed by atoms with Gasteiger partial charge < -0.3 is 10.2 Å². The molecule has 172 valence electrons. The number of sulfonamides is 1. The Morgan fingerprint density at radius 1 is 0.938 bits per heavy atom. The largest absolute Gasteiger partial charge is 0.356 e. The number of nitrogens with one attached hydrogen (secondary N) is 1. The van der Waals surface area contributed by atoms with Crippen LogP contribution in [-0.2, 0) is 14.8 Å². The lowest BCUT2D eigenvalue weighted by Gasteiger charge is -2.33. The molecule has 32 heavy (non-hydrogen) atoms. The maximum atomic E-state index is 12.9. The van der Waals surface area contributed by atoms with E-state index in [0.717, 1.165) is 61.8 Å². The van der Waals surface area contributed by atoms with Gasteiger partial charge in [0.2, 0.25) is 15.9 Å². The predicted molar refractivity (Wildman–Crippen MR) is 125 cm³/mol. The monoisotopic (exact) mass is 456 g/mol. The minimum Gasteiger partial charge on any atom is -0.356 e. The molecule has 1 atom stereocenters. The summed E-state index contributed by atoms with van der Waals surface area (Å²) in [6.45, 7) is 2.76. The number of nitrogens with zero attached hydrogens (tertiary/aromatic N) is 3. The summed E-state index contributed by atoms with van der Waals surface area (Å²) in [5, 5.41) is 4.07. The second-order valence-corrected chi connectivity index (χ2v) is 11.3. The molecule has 1 aromatic heterocycles. The van der Waals surface area contributed by atoms with Crippen LogP contribution in [-0.4, -0.2) is 55.8 Å². The number of amides is 1. The molecule has 3 heterocycles. The first-order valence-corrected chi connectivity index (χ1v) is 13.4. The summed E-state index contributed by atoms with van der Waals surface area (Å²) >= 11 is 0. The van der Waals surface area contributed by atoms with Crippen molar-refractivity contribution in [1.82, 2.24) is 14.6 Å². The number of piperidine rings is 1. The molecule has 5 rings (SSSR count). The van der Waals surface area contributed by atoms with Crippen molar-refractivity contribution in [2.24, 2.45) is 5.92 Å². The second kappa shape index (κ2) is 8.98. The highest BCUT2D eigenvalue weighted by molar-refractivity contribution is 7.89. The molecule has 2 aromatic rings. The Labute approximate surface area is 190 Å². The van der Waals surface area contributed by atoms with E-state index in [1.54, 1.807) is 22.5 Å². The molecule has 1 saturated carbocycles. The predicted octanol–water partition coefficient (Wildman–Crippen LogP) is 3.29. The van der Waals surface area contributed by atoms with Crippen molar-refractivity contribution in [2.45, 2.75) is 62.3 Å². The van der Waals surface area contributed by atoms with Crippen LogP contribution in [0, 0.1) is 5.92 Å². The van der Waals surface area contributed by atoms with Gasteiger partial charge in [0, 0.05) is 37.6 Å². The number of carbonyl (C=O) groups excluding carboxylic acids is 1. The van der Waals surface area contributed by atoms with E-state index in [1.165, 1.54) is 12.8 Å². The quantitative estimate of drug-likeness (QED) is 0.747. The summed E-state index contributed by atoms with van der Waals surface area (Å²) in [5.74, 6) is 1.03. The van der Waals surface area contributed by atoms with E-state index in [9.17, 15) is 13.2 Å². The highest BCUT2D eigenvalue weighted by Crippen LogP contribution is 2.28. The molecule has 2 saturated heterocycles. The van der Waals surface area contributed by atoms with Crippen LogP contribution in [0.15, 0.2) is 35.2 Å². The average molecular weight is 457 g/mol. The molecule has 2 aliphatic heterocycles. The molecule has 0 spiro atoms. The van der Waals surface area contributed by atoms with E-state index in [2.05, 4.69) is 10.2 Å². The molecule has 7 nitrogen and oxygen atoms in total. The van der Waals surface area contributed by atoms with Gasteiger partial charge in [-0.1, -0.05) is 12.8 Å². The van der Waals surface area contributed by atoms with E-state index in [4.69, 9.17) is 4.98 Å². The van der Waals surface area contributed by atoms with Crippen molar-refractivity contribution in [3.8, 4) is 0 Å². The lowest BCUT2D eigenvalue weighted by molar-refractivity contribution is -0.125. The van der Waals surface area contributed by atoms with Crippen LogP contribution in [0.1, 0.15) is 51.4 Å².